The molecule has 1 aromatic rings. The number of phenols is 1. The van der Waals surface area contributed by atoms with Crippen molar-refractivity contribution in [2.24, 2.45) is 0 Å². The van der Waals surface area contributed by atoms with Crippen LogP contribution in [0.3, 0.4) is 0 Å². The molecule has 0 aliphatic heterocycles. The van der Waals surface area contributed by atoms with Crippen molar-refractivity contribution < 1.29 is 14.6 Å². The number of hydrogen-bond acceptors (Lipinski definition) is 2. The average Bonchev–Trinajstić information content (AvgIpc) is 1.85. The van der Waals surface area contributed by atoms with E-state index in [9.17, 15) is 4.39 Å². The molecule has 0 bridgehead atoms. The van der Waals surface area contributed by atoms with Crippen molar-refractivity contribution in [3.8, 4) is 5.75 Å². The molecule has 0 fully saturated rings. The van der Waals surface area contributed by atoms with Crippen LogP contribution in [0.2, 0.25) is 0 Å². The first-order valence-corrected chi connectivity index (χ1v) is 3.27. The molecule has 0 aromatic heterocycles. The van der Waals surface area contributed by atoms with Gasteiger partial charge in [-0.3, -0.25) is 0 Å². The zero-order chi connectivity index (χ0) is 8.43. The van der Waals surface area contributed by atoms with Crippen LogP contribution in [0, 0.1) is 5.82 Å². The first kappa shape index (κ1) is 8.01. The van der Waals surface area contributed by atoms with Gasteiger partial charge >= 0.3 is 0 Å². The molecule has 1 rings (SSSR count). The summed E-state index contributed by atoms with van der Waals surface area (Å²) in [5.41, 5.74) is 0.339. The highest BCUT2D eigenvalue weighted by atomic mass is 19.1. The predicted molar refractivity (Wildman–Crippen MR) is 38.7 cm³/mol. The lowest BCUT2D eigenvalue weighted by atomic mass is 10.1. The van der Waals surface area contributed by atoms with Crippen LogP contribution in [-0.4, -0.2) is 10.2 Å². The quantitative estimate of drug-likeness (QED) is 0.648. The van der Waals surface area contributed by atoms with Gasteiger partial charge in [0, 0.05) is 11.6 Å². The Bertz CT molecular complexity index is 258. The number of rotatable bonds is 1. The largest absolute Gasteiger partial charge is 0.507 e. The molecule has 60 valence electrons. The van der Waals surface area contributed by atoms with E-state index in [1.807, 2.05) is 0 Å². The molecule has 3 heteroatoms. The topological polar surface area (TPSA) is 40.5 Å². The maximum absolute atomic E-state index is 12.4. The number of aliphatic hydroxyl groups excluding tert-OH is 1. The number of benzene rings is 1. The fourth-order valence-corrected chi connectivity index (χ4v) is 0.870. The summed E-state index contributed by atoms with van der Waals surface area (Å²) in [6.07, 6.45) is -0.768. The molecule has 0 amide bonds. The second-order valence-corrected chi connectivity index (χ2v) is 2.38. The summed E-state index contributed by atoms with van der Waals surface area (Å²) in [7, 11) is 0. The van der Waals surface area contributed by atoms with Crippen LogP contribution < -0.4 is 0 Å². The Morgan fingerprint density at radius 3 is 2.55 bits per heavy atom. The standard InChI is InChI=1S/C8H9FO2/c1-5(10)7-3-2-6(9)4-8(7)11/h2-5,10-11H,1H3/t5-/m1/s1. The van der Waals surface area contributed by atoms with E-state index in [-0.39, 0.29) is 5.75 Å². The molecule has 0 heterocycles. The lowest BCUT2D eigenvalue weighted by Gasteiger charge is -2.05. The SMILES string of the molecule is C[C@@H](O)c1ccc(F)cc1O. The van der Waals surface area contributed by atoms with Gasteiger partial charge in [0.05, 0.1) is 6.10 Å². The van der Waals surface area contributed by atoms with Crippen molar-refractivity contribution in [1.82, 2.24) is 0 Å². The van der Waals surface area contributed by atoms with Gasteiger partial charge in [0.25, 0.3) is 0 Å². The first-order chi connectivity index (χ1) is 5.11. The van der Waals surface area contributed by atoms with Gasteiger partial charge in [0.1, 0.15) is 11.6 Å². The summed E-state index contributed by atoms with van der Waals surface area (Å²) in [5, 5.41) is 18.1. The van der Waals surface area contributed by atoms with Gasteiger partial charge in [-0.05, 0) is 19.1 Å². The van der Waals surface area contributed by atoms with Crippen molar-refractivity contribution in [1.29, 1.82) is 0 Å². The highest BCUT2D eigenvalue weighted by Gasteiger charge is 2.06. The van der Waals surface area contributed by atoms with E-state index in [1.54, 1.807) is 0 Å². The second-order valence-electron chi connectivity index (χ2n) is 2.38. The van der Waals surface area contributed by atoms with Crippen molar-refractivity contribution >= 4 is 0 Å². The van der Waals surface area contributed by atoms with Gasteiger partial charge in [-0.2, -0.15) is 0 Å². The Morgan fingerprint density at radius 2 is 2.09 bits per heavy atom. The van der Waals surface area contributed by atoms with E-state index in [0.29, 0.717) is 5.56 Å². The predicted octanol–water partition coefficient (Wildman–Crippen LogP) is 1.58. The van der Waals surface area contributed by atoms with Crippen LogP contribution in [-0.2, 0) is 0 Å². The summed E-state index contributed by atoms with van der Waals surface area (Å²) in [5.74, 6) is -0.716. The number of phenolic OH excluding ortho intramolecular Hbond substituents is 1. The minimum Gasteiger partial charge on any atom is -0.507 e. The minimum atomic E-state index is -0.768. The number of aromatic hydroxyl groups is 1. The van der Waals surface area contributed by atoms with E-state index in [4.69, 9.17) is 10.2 Å². The van der Waals surface area contributed by atoms with Gasteiger partial charge in [-0.25, -0.2) is 4.39 Å². The third-order valence-electron chi connectivity index (χ3n) is 1.44. The van der Waals surface area contributed by atoms with Crippen molar-refractivity contribution in [3.63, 3.8) is 0 Å². The molecular weight excluding hydrogens is 147 g/mol. The molecule has 2 N–H and O–H groups in total. The molecule has 0 aliphatic carbocycles. The Morgan fingerprint density at radius 1 is 1.45 bits per heavy atom. The zero-order valence-electron chi connectivity index (χ0n) is 6.08. The lowest BCUT2D eigenvalue weighted by molar-refractivity contribution is 0.195. The van der Waals surface area contributed by atoms with Gasteiger partial charge in [-0.15, -0.1) is 0 Å². The highest BCUT2D eigenvalue weighted by Crippen LogP contribution is 2.23. The maximum atomic E-state index is 12.4. The monoisotopic (exact) mass is 156 g/mol. The van der Waals surface area contributed by atoms with E-state index in [2.05, 4.69) is 0 Å². The van der Waals surface area contributed by atoms with Crippen molar-refractivity contribution in [3.05, 3.63) is 29.6 Å². The number of halogens is 1. The van der Waals surface area contributed by atoms with E-state index in [0.717, 1.165) is 6.07 Å². The molecule has 2 nitrogen and oxygen atoms in total. The molecule has 0 radical (unpaired) electrons. The van der Waals surface area contributed by atoms with Crippen LogP contribution in [0.15, 0.2) is 18.2 Å². The summed E-state index contributed by atoms with van der Waals surface area (Å²) in [6.45, 7) is 1.51. The Labute approximate surface area is 63.9 Å². The number of hydrogen-bond donors (Lipinski definition) is 2. The molecular formula is C8H9FO2. The molecule has 11 heavy (non-hydrogen) atoms. The molecule has 0 saturated carbocycles. The van der Waals surface area contributed by atoms with Crippen molar-refractivity contribution in [2.45, 2.75) is 13.0 Å². The van der Waals surface area contributed by atoms with E-state index in [1.165, 1.54) is 19.1 Å². The van der Waals surface area contributed by atoms with Crippen molar-refractivity contribution in [2.75, 3.05) is 0 Å². The molecule has 0 unspecified atom stereocenters. The lowest BCUT2D eigenvalue weighted by Crippen LogP contribution is -1.91. The Hall–Kier alpha value is -1.09. The normalized spacial score (nSPS) is 13.0. The van der Waals surface area contributed by atoms with Gasteiger partial charge in [-0.1, -0.05) is 0 Å². The van der Waals surface area contributed by atoms with Crippen LogP contribution >= 0.6 is 0 Å². The first-order valence-electron chi connectivity index (χ1n) is 3.27. The van der Waals surface area contributed by atoms with Crippen LogP contribution in [0.25, 0.3) is 0 Å². The minimum absolute atomic E-state index is 0.208. The molecule has 1 atom stereocenters. The summed E-state index contributed by atoms with van der Waals surface area (Å²) in [4.78, 5) is 0. The third kappa shape index (κ3) is 1.68. The van der Waals surface area contributed by atoms with E-state index >= 15 is 0 Å². The van der Waals surface area contributed by atoms with Gasteiger partial charge in [0.15, 0.2) is 0 Å². The second kappa shape index (κ2) is 2.88. The Balaban J connectivity index is 3.09. The molecule has 0 saturated heterocycles. The molecule has 0 spiro atoms. The van der Waals surface area contributed by atoms with Crippen LogP contribution in [0.1, 0.15) is 18.6 Å². The maximum Gasteiger partial charge on any atom is 0.126 e. The average molecular weight is 156 g/mol. The van der Waals surface area contributed by atoms with E-state index < -0.39 is 11.9 Å². The summed E-state index contributed by atoms with van der Waals surface area (Å²) in [6, 6.07) is 3.53. The highest BCUT2D eigenvalue weighted by molar-refractivity contribution is 5.33. The van der Waals surface area contributed by atoms with Gasteiger partial charge < -0.3 is 10.2 Å². The zero-order valence-corrected chi connectivity index (χ0v) is 6.08. The smallest absolute Gasteiger partial charge is 0.126 e. The van der Waals surface area contributed by atoms with Gasteiger partial charge in [0.2, 0.25) is 0 Å². The van der Waals surface area contributed by atoms with Crippen LogP contribution in [0.4, 0.5) is 4.39 Å². The molecule has 1 aromatic carbocycles. The summed E-state index contributed by atoms with van der Waals surface area (Å²) < 4.78 is 12.4. The number of aliphatic hydroxyl groups is 1. The fraction of sp³-hybridized carbons (Fsp3) is 0.250. The fourth-order valence-electron chi connectivity index (χ4n) is 0.870. The van der Waals surface area contributed by atoms with Crippen LogP contribution in [0.5, 0.6) is 5.75 Å². The summed E-state index contributed by atoms with van der Waals surface area (Å²) >= 11 is 0. The molecule has 0 aliphatic rings. The Kier molecular flexibility index (Phi) is 2.10. The third-order valence-corrected chi connectivity index (χ3v) is 1.44.